The van der Waals surface area contributed by atoms with Crippen LogP contribution in [-0.4, -0.2) is 5.78 Å². The Kier molecular flexibility index (Phi) is 3.48. The van der Waals surface area contributed by atoms with Gasteiger partial charge >= 0.3 is 0 Å². The molecule has 1 aliphatic rings. The van der Waals surface area contributed by atoms with Crippen LogP contribution in [0.4, 0.5) is 10.1 Å². The zero-order valence-corrected chi connectivity index (χ0v) is 11.3. The molecule has 5 heteroatoms. The summed E-state index contributed by atoms with van der Waals surface area (Å²) in [5, 5.41) is 7.17. The average molecular weight is 283 g/mol. The topological polar surface area (TPSA) is 67.8 Å². The van der Waals surface area contributed by atoms with E-state index in [2.05, 4.69) is 10.3 Å². The molecule has 0 spiro atoms. The van der Waals surface area contributed by atoms with Crippen LogP contribution in [0.25, 0.3) is 0 Å². The lowest BCUT2D eigenvalue weighted by atomic mass is 9.96. The molecule has 1 aliphatic carbocycles. The van der Waals surface area contributed by atoms with E-state index in [-0.39, 0.29) is 17.5 Å². The molecule has 2 N–H and O–H groups in total. The van der Waals surface area contributed by atoms with Gasteiger partial charge in [0.05, 0.1) is 5.69 Å². The molecule has 0 aliphatic heterocycles. The monoisotopic (exact) mass is 283 g/mol. The molecule has 0 bridgehead atoms. The standard InChI is InChI=1S/C16H14FN3O/c17-12-6-4-10(5-7-12)8-11-9-14-13(16(11)21)2-1-3-15(14)19-20-18/h1-7,11H,8-9H2,(H2,18,19). The van der Waals surface area contributed by atoms with Crippen molar-refractivity contribution < 1.29 is 9.18 Å². The Balaban J connectivity index is 1.86. The average Bonchev–Trinajstić information content (AvgIpc) is 2.80. The third-order valence-electron chi connectivity index (χ3n) is 3.80. The minimum Gasteiger partial charge on any atom is -0.305 e. The second-order valence-corrected chi connectivity index (χ2v) is 5.11. The lowest BCUT2D eigenvalue weighted by molar-refractivity contribution is 0.0936. The first-order chi connectivity index (χ1) is 10.2. The van der Waals surface area contributed by atoms with Crippen molar-refractivity contribution in [3.63, 3.8) is 0 Å². The molecule has 106 valence electrons. The van der Waals surface area contributed by atoms with E-state index < -0.39 is 0 Å². The first kappa shape index (κ1) is 13.4. The molecule has 0 saturated carbocycles. The molecule has 0 aromatic heterocycles. The van der Waals surface area contributed by atoms with Crippen molar-refractivity contribution in [1.29, 1.82) is 0 Å². The van der Waals surface area contributed by atoms with Gasteiger partial charge in [0.2, 0.25) is 0 Å². The molecular weight excluding hydrogens is 269 g/mol. The molecule has 0 amide bonds. The maximum Gasteiger partial charge on any atom is 0.166 e. The molecule has 0 radical (unpaired) electrons. The van der Waals surface area contributed by atoms with Crippen LogP contribution in [0.3, 0.4) is 0 Å². The number of hydrogen-bond donors (Lipinski definition) is 1. The second-order valence-electron chi connectivity index (χ2n) is 5.11. The zero-order chi connectivity index (χ0) is 14.8. The minimum absolute atomic E-state index is 0.100. The summed E-state index contributed by atoms with van der Waals surface area (Å²) in [5.41, 5.74) is 3.17. The molecule has 21 heavy (non-hydrogen) atoms. The molecule has 0 saturated heterocycles. The van der Waals surface area contributed by atoms with E-state index in [4.69, 9.17) is 5.84 Å². The van der Waals surface area contributed by atoms with E-state index in [1.165, 1.54) is 12.1 Å². The molecule has 3 rings (SSSR count). The Morgan fingerprint density at radius 2 is 1.95 bits per heavy atom. The largest absolute Gasteiger partial charge is 0.305 e. The van der Waals surface area contributed by atoms with Gasteiger partial charge in [0, 0.05) is 11.5 Å². The summed E-state index contributed by atoms with van der Waals surface area (Å²) in [4.78, 5) is 12.4. The van der Waals surface area contributed by atoms with Gasteiger partial charge in [0.25, 0.3) is 0 Å². The predicted octanol–water partition coefficient (Wildman–Crippen LogP) is 3.38. The van der Waals surface area contributed by atoms with Crippen molar-refractivity contribution in [2.45, 2.75) is 12.8 Å². The molecule has 0 fully saturated rings. The summed E-state index contributed by atoms with van der Waals surface area (Å²) in [6, 6.07) is 11.6. The van der Waals surface area contributed by atoms with Crippen molar-refractivity contribution in [3.05, 3.63) is 65.0 Å². The van der Waals surface area contributed by atoms with E-state index in [0.29, 0.717) is 24.1 Å². The van der Waals surface area contributed by atoms with Crippen LogP contribution < -0.4 is 5.84 Å². The Morgan fingerprint density at radius 3 is 2.67 bits per heavy atom. The van der Waals surface area contributed by atoms with Gasteiger partial charge in [-0.05, 0) is 42.2 Å². The number of halogens is 1. The van der Waals surface area contributed by atoms with Gasteiger partial charge in [-0.3, -0.25) is 4.79 Å². The number of nitrogens with zero attached hydrogens (tertiary/aromatic N) is 2. The van der Waals surface area contributed by atoms with E-state index in [1.807, 2.05) is 0 Å². The highest BCUT2D eigenvalue weighted by Gasteiger charge is 2.32. The number of carbonyl (C=O) groups is 1. The van der Waals surface area contributed by atoms with Crippen molar-refractivity contribution in [2.75, 3.05) is 0 Å². The van der Waals surface area contributed by atoms with Crippen LogP contribution in [0, 0.1) is 11.7 Å². The van der Waals surface area contributed by atoms with E-state index >= 15 is 0 Å². The van der Waals surface area contributed by atoms with Gasteiger partial charge in [-0.15, -0.1) is 5.11 Å². The van der Waals surface area contributed by atoms with Crippen LogP contribution in [-0.2, 0) is 12.8 Å². The molecule has 4 nitrogen and oxygen atoms in total. The van der Waals surface area contributed by atoms with Crippen molar-refractivity contribution >= 4 is 11.5 Å². The Hall–Kier alpha value is -2.56. The summed E-state index contributed by atoms with van der Waals surface area (Å²) in [6.45, 7) is 0. The van der Waals surface area contributed by atoms with Crippen LogP contribution in [0.15, 0.2) is 52.8 Å². The number of carbonyl (C=O) groups excluding carboxylic acids is 1. The summed E-state index contributed by atoms with van der Waals surface area (Å²) in [5.74, 6) is 4.79. The van der Waals surface area contributed by atoms with E-state index in [9.17, 15) is 9.18 Å². The van der Waals surface area contributed by atoms with Crippen LogP contribution in [0.2, 0.25) is 0 Å². The second kappa shape index (κ2) is 5.44. The van der Waals surface area contributed by atoms with Gasteiger partial charge < -0.3 is 5.84 Å². The number of nitrogens with two attached hydrogens (primary N) is 1. The highest BCUT2D eigenvalue weighted by atomic mass is 19.1. The highest BCUT2D eigenvalue weighted by Crippen LogP contribution is 2.35. The fourth-order valence-electron chi connectivity index (χ4n) is 2.80. The zero-order valence-electron chi connectivity index (χ0n) is 11.3. The quantitative estimate of drug-likeness (QED) is 0.533. The van der Waals surface area contributed by atoms with E-state index in [1.54, 1.807) is 30.3 Å². The molecule has 2 aromatic carbocycles. The third kappa shape index (κ3) is 2.54. The normalized spacial score (nSPS) is 17.4. The predicted molar refractivity (Wildman–Crippen MR) is 76.8 cm³/mol. The lowest BCUT2D eigenvalue weighted by Crippen LogP contribution is -2.12. The smallest absolute Gasteiger partial charge is 0.166 e. The Labute approximate surface area is 121 Å². The molecular formula is C16H14FN3O. The van der Waals surface area contributed by atoms with Crippen molar-refractivity contribution in [1.82, 2.24) is 0 Å². The summed E-state index contributed by atoms with van der Waals surface area (Å²) >= 11 is 0. The number of Topliss-reactive ketones (excluding diaryl/α,β-unsaturated/α-hetero) is 1. The van der Waals surface area contributed by atoms with Crippen LogP contribution >= 0.6 is 0 Å². The Morgan fingerprint density at radius 1 is 1.19 bits per heavy atom. The SMILES string of the molecule is NN=Nc1cccc2c1CC(Cc1ccc(F)cc1)C2=O. The number of ketones is 1. The molecule has 2 aromatic rings. The molecule has 1 atom stereocenters. The number of fused-ring (bicyclic) bond motifs is 1. The summed E-state index contributed by atoms with van der Waals surface area (Å²) in [7, 11) is 0. The summed E-state index contributed by atoms with van der Waals surface area (Å²) in [6.07, 6.45) is 1.20. The van der Waals surface area contributed by atoms with Crippen LogP contribution in [0.5, 0.6) is 0 Å². The molecule has 0 heterocycles. The van der Waals surface area contributed by atoms with Gasteiger partial charge in [-0.25, -0.2) is 4.39 Å². The van der Waals surface area contributed by atoms with Crippen LogP contribution in [0.1, 0.15) is 21.5 Å². The first-order valence-electron chi connectivity index (χ1n) is 6.70. The Bertz CT molecular complexity index is 710. The maximum atomic E-state index is 12.9. The third-order valence-corrected chi connectivity index (χ3v) is 3.80. The minimum atomic E-state index is -0.273. The van der Waals surface area contributed by atoms with Gasteiger partial charge in [-0.2, -0.15) is 0 Å². The lowest BCUT2D eigenvalue weighted by Gasteiger charge is -2.07. The molecule has 1 unspecified atom stereocenters. The fraction of sp³-hybridized carbons (Fsp3) is 0.188. The fourth-order valence-corrected chi connectivity index (χ4v) is 2.80. The van der Waals surface area contributed by atoms with E-state index in [0.717, 1.165) is 11.1 Å². The first-order valence-corrected chi connectivity index (χ1v) is 6.70. The van der Waals surface area contributed by atoms with Crippen molar-refractivity contribution in [2.24, 2.45) is 22.1 Å². The number of rotatable bonds is 3. The van der Waals surface area contributed by atoms with Gasteiger partial charge in [0.15, 0.2) is 5.78 Å². The number of hydrogen-bond acceptors (Lipinski definition) is 3. The highest BCUT2D eigenvalue weighted by molar-refractivity contribution is 6.03. The number of benzene rings is 2. The van der Waals surface area contributed by atoms with Gasteiger partial charge in [0.1, 0.15) is 5.82 Å². The van der Waals surface area contributed by atoms with Crippen molar-refractivity contribution in [3.8, 4) is 0 Å². The maximum absolute atomic E-state index is 12.9. The summed E-state index contributed by atoms with van der Waals surface area (Å²) < 4.78 is 12.9. The van der Waals surface area contributed by atoms with Gasteiger partial charge in [-0.1, -0.05) is 29.5 Å².